The van der Waals surface area contributed by atoms with E-state index in [0.29, 0.717) is 53.8 Å². The first-order valence-electron chi connectivity index (χ1n) is 11.6. The molecule has 5 rings (SSSR count). The van der Waals surface area contributed by atoms with Crippen LogP contribution in [0.5, 0.6) is 5.75 Å². The summed E-state index contributed by atoms with van der Waals surface area (Å²) in [5.74, 6) is 9.60. The first-order valence-corrected chi connectivity index (χ1v) is 11.6. The molecule has 0 heterocycles. The fourth-order valence-electron chi connectivity index (χ4n) is 7.56. The lowest BCUT2D eigenvalue weighted by atomic mass is 9.48. The average Bonchev–Trinajstić information content (AvgIpc) is 2.98. The second-order valence-electron chi connectivity index (χ2n) is 10.5. The molecular weight excluding hydrogens is 372 g/mol. The minimum absolute atomic E-state index is 0.170. The molecule has 4 aliphatic rings. The standard InChI is InChI=1S/C27H32O3/c1-17-15-19-16-20(28)7-8-21(19)22-10-12-26(2)23(25(17)22)11-14-27(26,30)13-9-18-5-3-4-6-24(18)29/h3-6,16-17,21-23,25,29-30H,7-8,10-12,14-15H2,1-2H3. The van der Waals surface area contributed by atoms with Gasteiger partial charge in [-0.25, -0.2) is 0 Å². The van der Waals surface area contributed by atoms with Gasteiger partial charge in [0.15, 0.2) is 5.78 Å². The van der Waals surface area contributed by atoms with Crippen LogP contribution in [0.3, 0.4) is 0 Å². The first-order chi connectivity index (χ1) is 14.3. The molecule has 0 bridgehead atoms. The van der Waals surface area contributed by atoms with Crippen molar-refractivity contribution in [3.63, 3.8) is 0 Å². The predicted molar refractivity (Wildman–Crippen MR) is 117 cm³/mol. The van der Waals surface area contributed by atoms with Crippen LogP contribution in [0.1, 0.15) is 64.4 Å². The number of hydrogen-bond donors (Lipinski definition) is 2. The van der Waals surface area contributed by atoms with Crippen LogP contribution in [0, 0.1) is 46.8 Å². The summed E-state index contributed by atoms with van der Waals surface area (Å²) in [6, 6.07) is 7.10. The van der Waals surface area contributed by atoms with Crippen molar-refractivity contribution < 1.29 is 15.0 Å². The molecule has 3 saturated carbocycles. The van der Waals surface area contributed by atoms with Gasteiger partial charge in [-0.1, -0.05) is 43.4 Å². The third-order valence-electron chi connectivity index (χ3n) is 9.10. The van der Waals surface area contributed by atoms with Crippen LogP contribution in [0.2, 0.25) is 0 Å². The highest BCUT2D eigenvalue weighted by molar-refractivity contribution is 5.91. The first kappa shape index (κ1) is 19.9. The summed E-state index contributed by atoms with van der Waals surface area (Å²) < 4.78 is 0. The molecule has 3 heteroatoms. The minimum atomic E-state index is -1.01. The van der Waals surface area contributed by atoms with E-state index in [1.807, 2.05) is 12.1 Å². The number of para-hydroxylation sites is 1. The van der Waals surface area contributed by atoms with Crippen molar-refractivity contribution in [2.45, 2.75) is 64.4 Å². The van der Waals surface area contributed by atoms with Crippen molar-refractivity contribution in [3.05, 3.63) is 41.5 Å². The van der Waals surface area contributed by atoms with Crippen molar-refractivity contribution >= 4 is 5.78 Å². The molecule has 0 aromatic heterocycles. The van der Waals surface area contributed by atoms with E-state index in [9.17, 15) is 15.0 Å². The molecule has 2 N–H and O–H groups in total. The molecular formula is C27H32O3. The summed E-state index contributed by atoms with van der Waals surface area (Å²) in [4.78, 5) is 12.0. The van der Waals surface area contributed by atoms with Gasteiger partial charge in [0, 0.05) is 11.8 Å². The maximum Gasteiger partial charge on any atom is 0.155 e. The highest BCUT2D eigenvalue weighted by Crippen LogP contribution is 2.65. The number of hydrogen-bond acceptors (Lipinski definition) is 3. The number of carbonyl (C=O) groups is 1. The van der Waals surface area contributed by atoms with Crippen molar-refractivity contribution in [3.8, 4) is 17.6 Å². The summed E-state index contributed by atoms with van der Waals surface area (Å²) >= 11 is 0. The average molecular weight is 405 g/mol. The molecule has 3 fully saturated rings. The lowest BCUT2D eigenvalue weighted by molar-refractivity contribution is -0.117. The Bertz CT molecular complexity index is 966. The van der Waals surface area contributed by atoms with Crippen LogP contribution >= 0.6 is 0 Å². The number of benzene rings is 1. The third kappa shape index (κ3) is 2.88. The van der Waals surface area contributed by atoms with Gasteiger partial charge in [0.05, 0.1) is 5.56 Å². The van der Waals surface area contributed by atoms with E-state index < -0.39 is 5.60 Å². The van der Waals surface area contributed by atoms with E-state index in [1.165, 1.54) is 5.57 Å². The zero-order chi connectivity index (χ0) is 21.1. The minimum Gasteiger partial charge on any atom is -0.507 e. The highest BCUT2D eigenvalue weighted by Gasteiger charge is 2.63. The zero-order valence-electron chi connectivity index (χ0n) is 18.0. The molecule has 1 aromatic carbocycles. The van der Waals surface area contributed by atoms with Crippen LogP contribution in [0.15, 0.2) is 35.9 Å². The second kappa shape index (κ2) is 6.99. The number of ketones is 1. The Labute approximate surface area is 179 Å². The molecule has 3 nitrogen and oxygen atoms in total. The zero-order valence-corrected chi connectivity index (χ0v) is 18.0. The maximum absolute atomic E-state index is 12.0. The molecule has 30 heavy (non-hydrogen) atoms. The van der Waals surface area contributed by atoms with Crippen molar-refractivity contribution in [1.82, 2.24) is 0 Å². The predicted octanol–water partition coefficient (Wildman–Crippen LogP) is 4.86. The Hall–Kier alpha value is -2.05. The number of carbonyl (C=O) groups excluding carboxylic acids is 1. The molecule has 7 atom stereocenters. The van der Waals surface area contributed by atoms with Crippen molar-refractivity contribution in [2.75, 3.05) is 0 Å². The van der Waals surface area contributed by atoms with Gasteiger partial charge in [0.25, 0.3) is 0 Å². The Morgan fingerprint density at radius 1 is 1.13 bits per heavy atom. The van der Waals surface area contributed by atoms with E-state index >= 15 is 0 Å². The largest absolute Gasteiger partial charge is 0.507 e. The lowest BCUT2D eigenvalue weighted by Crippen LogP contribution is -2.54. The van der Waals surface area contributed by atoms with Crippen LogP contribution in [-0.4, -0.2) is 21.6 Å². The van der Waals surface area contributed by atoms with Gasteiger partial charge < -0.3 is 10.2 Å². The number of aromatic hydroxyl groups is 1. The second-order valence-corrected chi connectivity index (χ2v) is 10.5. The summed E-state index contributed by atoms with van der Waals surface area (Å²) in [6.45, 7) is 4.60. The lowest BCUT2D eigenvalue weighted by Gasteiger charge is -2.56. The maximum atomic E-state index is 12.0. The molecule has 0 aliphatic heterocycles. The smallest absolute Gasteiger partial charge is 0.155 e. The van der Waals surface area contributed by atoms with E-state index in [0.717, 1.165) is 32.1 Å². The Morgan fingerprint density at radius 3 is 2.73 bits per heavy atom. The molecule has 0 spiro atoms. The van der Waals surface area contributed by atoms with Gasteiger partial charge in [-0.15, -0.1) is 0 Å². The molecule has 0 saturated heterocycles. The quantitative estimate of drug-likeness (QED) is 0.607. The summed E-state index contributed by atoms with van der Waals surface area (Å²) in [5, 5.41) is 21.8. The Balaban J connectivity index is 1.46. The molecule has 0 radical (unpaired) electrons. The summed E-state index contributed by atoms with van der Waals surface area (Å²) in [7, 11) is 0. The molecule has 0 amide bonds. The number of allylic oxidation sites excluding steroid dienone is 1. The van der Waals surface area contributed by atoms with E-state index in [1.54, 1.807) is 18.2 Å². The normalized spacial score (nSPS) is 42.3. The number of phenols is 1. The van der Waals surface area contributed by atoms with E-state index in [-0.39, 0.29) is 11.2 Å². The topological polar surface area (TPSA) is 57.5 Å². The monoisotopic (exact) mass is 404 g/mol. The number of rotatable bonds is 0. The molecule has 158 valence electrons. The van der Waals surface area contributed by atoms with Gasteiger partial charge in [0.2, 0.25) is 0 Å². The van der Waals surface area contributed by atoms with Crippen molar-refractivity contribution in [2.24, 2.45) is 35.0 Å². The van der Waals surface area contributed by atoms with Crippen LogP contribution < -0.4 is 0 Å². The molecule has 7 unspecified atom stereocenters. The van der Waals surface area contributed by atoms with Gasteiger partial charge in [0.1, 0.15) is 11.4 Å². The Morgan fingerprint density at radius 2 is 1.93 bits per heavy atom. The van der Waals surface area contributed by atoms with Crippen LogP contribution in [0.4, 0.5) is 0 Å². The van der Waals surface area contributed by atoms with Gasteiger partial charge in [-0.2, -0.15) is 0 Å². The van der Waals surface area contributed by atoms with Crippen LogP contribution in [-0.2, 0) is 4.79 Å². The summed E-state index contributed by atoms with van der Waals surface area (Å²) in [5.41, 5.74) is 0.755. The highest BCUT2D eigenvalue weighted by atomic mass is 16.3. The van der Waals surface area contributed by atoms with Crippen molar-refractivity contribution in [1.29, 1.82) is 0 Å². The van der Waals surface area contributed by atoms with Crippen LogP contribution in [0.25, 0.3) is 0 Å². The van der Waals surface area contributed by atoms with E-state index in [2.05, 4.69) is 25.7 Å². The SMILES string of the molecule is CC1CC2=CC(=O)CCC2C2CCC3(C)C(CCC3(O)C#Cc3ccccc3O)C12. The number of fused-ring (bicyclic) bond motifs is 5. The molecule has 4 aliphatic carbocycles. The van der Waals surface area contributed by atoms with Gasteiger partial charge >= 0.3 is 0 Å². The number of aliphatic hydroxyl groups is 1. The number of phenolic OH excluding ortho intramolecular Hbond substituents is 1. The fraction of sp³-hybridized carbons (Fsp3) is 0.593. The summed E-state index contributed by atoms with van der Waals surface area (Å²) in [6.07, 6.45) is 8.51. The molecule has 1 aromatic rings. The third-order valence-corrected chi connectivity index (χ3v) is 9.10. The Kier molecular flexibility index (Phi) is 4.63. The van der Waals surface area contributed by atoms with E-state index in [4.69, 9.17) is 0 Å². The fourth-order valence-corrected chi connectivity index (χ4v) is 7.56. The van der Waals surface area contributed by atoms with Gasteiger partial charge in [-0.3, -0.25) is 4.79 Å². The van der Waals surface area contributed by atoms with Gasteiger partial charge in [-0.05, 0) is 86.3 Å².